The van der Waals surface area contributed by atoms with E-state index in [9.17, 15) is 14.4 Å². The molecule has 0 aliphatic rings. The van der Waals surface area contributed by atoms with Crippen molar-refractivity contribution in [1.29, 1.82) is 0 Å². The summed E-state index contributed by atoms with van der Waals surface area (Å²) in [7, 11) is 2.88. The number of carbonyl (C=O) groups is 3. The van der Waals surface area contributed by atoms with Gasteiger partial charge in [-0.3, -0.25) is 9.59 Å². The van der Waals surface area contributed by atoms with Crippen LogP contribution in [0.25, 0.3) is 16.6 Å². The Kier molecular flexibility index (Phi) is 6.08. The number of hydrogen-bond donors (Lipinski definition) is 1. The van der Waals surface area contributed by atoms with Gasteiger partial charge in [0.2, 0.25) is 5.91 Å². The number of nitrogens with zero attached hydrogens (tertiary/aromatic N) is 3. The molecule has 34 heavy (non-hydrogen) atoms. The number of pyridine rings is 1. The molecule has 0 aliphatic heterocycles. The average molecular weight is 477 g/mol. The first-order valence-electron chi connectivity index (χ1n) is 10.3. The van der Waals surface area contributed by atoms with Crippen LogP contribution in [0.2, 0.25) is 5.02 Å². The number of hydrogen-bond acceptors (Lipinski definition) is 5. The molecule has 0 atom stereocenters. The van der Waals surface area contributed by atoms with Crippen molar-refractivity contribution in [2.24, 2.45) is 5.73 Å². The number of amides is 2. The smallest absolute Gasteiger partial charge is 0.339 e. The molecule has 0 radical (unpaired) electrons. The standard InChI is InChI=1S/C25H21ClN4O4/c1-14-10-15(23(27)31)4-6-18(14)20-13-28-30-9-8-16(11-22(20)30)24(32)29(2)17-5-7-21(26)19(12-17)25(33)34-3/h4-13H,1-3H3,(H2,27,31). The lowest BCUT2D eigenvalue weighted by atomic mass is 9.99. The summed E-state index contributed by atoms with van der Waals surface area (Å²) < 4.78 is 6.43. The molecular weight excluding hydrogens is 456 g/mol. The first-order valence-corrected chi connectivity index (χ1v) is 10.6. The lowest BCUT2D eigenvalue weighted by molar-refractivity contribution is 0.0600. The molecule has 8 nitrogen and oxygen atoms in total. The van der Waals surface area contributed by atoms with Gasteiger partial charge < -0.3 is 15.4 Å². The van der Waals surface area contributed by atoms with Crippen molar-refractivity contribution in [3.63, 3.8) is 0 Å². The van der Waals surface area contributed by atoms with Gasteiger partial charge >= 0.3 is 5.97 Å². The van der Waals surface area contributed by atoms with Gasteiger partial charge in [-0.05, 0) is 60.5 Å². The Morgan fingerprint density at radius 3 is 2.47 bits per heavy atom. The number of methoxy groups -OCH3 is 1. The van der Waals surface area contributed by atoms with Crippen LogP contribution in [0.15, 0.2) is 60.9 Å². The van der Waals surface area contributed by atoms with Crippen LogP contribution in [0.5, 0.6) is 0 Å². The number of primary amides is 1. The zero-order valence-electron chi connectivity index (χ0n) is 18.7. The van der Waals surface area contributed by atoms with Crippen LogP contribution >= 0.6 is 11.6 Å². The highest BCUT2D eigenvalue weighted by Gasteiger charge is 2.19. The predicted octanol–water partition coefficient (Wildman–Crippen LogP) is 4.13. The van der Waals surface area contributed by atoms with Gasteiger partial charge in [0, 0.05) is 35.6 Å². The Morgan fingerprint density at radius 1 is 1.03 bits per heavy atom. The molecule has 0 fully saturated rings. The largest absolute Gasteiger partial charge is 0.465 e. The number of fused-ring (bicyclic) bond motifs is 1. The third kappa shape index (κ3) is 4.11. The third-order valence-electron chi connectivity index (χ3n) is 5.62. The lowest BCUT2D eigenvalue weighted by Gasteiger charge is -2.19. The van der Waals surface area contributed by atoms with Gasteiger partial charge in [-0.2, -0.15) is 5.10 Å². The number of anilines is 1. The van der Waals surface area contributed by atoms with Crippen LogP contribution in [0.4, 0.5) is 5.69 Å². The Labute approximate surface area is 200 Å². The molecule has 4 aromatic rings. The van der Waals surface area contributed by atoms with E-state index in [-0.39, 0.29) is 16.5 Å². The van der Waals surface area contributed by atoms with Crippen LogP contribution < -0.4 is 10.6 Å². The summed E-state index contributed by atoms with van der Waals surface area (Å²) >= 11 is 6.10. The molecule has 2 aromatic carbocycles. The number of aromatic nitrogens is 2. The average Bonchev–Trinajstić information content (AvgIpc) is 3.25. The van der Waals surface area contributed by atoms with E-state index < -0.39 is 11.9 Å². The minimum absolute atomic E-state index is 0.171. The maximum atomic E-state index is 13.3. The van der Waals surface area contributed by atoms with Crippen molar-refractivity contribution >= 4 is 40.6 Å². The highest BCUT2D eigenvalue weighted by Crippen LogP contribution is 2.30. The minimum atomic E-state index is -0.587. The third-order valence-corrected chi connectivity index (χ3v) is 5.95. The first-order chi connectivity index (χ1) is 16.2. The van der Waals surface area contributed by atoms with Gasteiger partial charge in [-0.1, -0.05) is 17.7 Å². The fraction of sp³-hybridized carbons (Fsp3) is 0.120. The Morgan fingerprint density at radius 2 is 1.79 bits per heavy atom. The summed E-state index contributed by atoms with van der Waals surface area (Å²) in [6.45, 7) is 1.88. The number of rotatable bonds is 5. The normalized spacial score (nSPS) is 10.8. The predicted molar refractivity (Wildman–Crippen MR) is 129 cm³/mol. The van der Waals surface area contributed by atoms with Crippen LogP contribution in [0, 0.1) is 6.92 Å². The van der Waals surface area contributed by atoms with Crippen molar-refractivity contribution < 1.29 is 19.1 Å². The second-order valence-corrected chi connectivity index (χ2v) is 8.12. The van der Waals surface area contributed by atoms with E-state index in [1.54, 1.807) is 60.4 Å². The maximum absolute atomic E-state index is 13.3. The number of nitrogens with two attached hydrogens (primary N) is 1. The monoisotopic (exact) mass is 476 g/mol. The maximum Gasteiger partial charge on any atom is 0.339 e. The highest BCUT2D eigenvalue weighted by atomic mass is 35.5. The summed E-state index contributed by atoms with van der Waals surface area (Å²) in [5.41, 5.74) is 10.2. The number of aryl methyl sites for hydroxylation is 1. The number of halogens is 1. The second kappa shape index (κ2) is 8.99. The van der Waals surface area contributed by atoms with Crippen molar-refractivity contribution in [2.45, 2.75) is 6.92 Å². The molecule has 2 amide bonds. The quantitative estimate of drug-likeness (QED) is 0.436. The Hall–Kier alpha value is -4.17. The molecule has 2 aromatic heterocycles. The van der Waals surface area contributed by atoms with E-state index in [4.69, 9.17) is 22.1 Å². The SMILES string of the molecule is COC(=O)c1cc(N(C)C(=O)c2ccn3ncc(-c4ccc(C(N)=O)cc4C)c3c2)ccc1Cl. The van der Waals surface area contributed by atoms with Crippen molar-refractivity contribution in [3.05, 3.63) is 88.2 Å². The Bertz CT molecular complexity index is 1460. The van der Waals surface area contributed by atoms with Gasteiger partial charge in [-0.25, -0.2) is 9.31 Å². The van der Waals surface area contributed by atoms with Gasteiger partial charge in [-0.15, -0.1) is 0 Å². The molecule has 0 saturated carbocycles. The van der Waals surface area contributed by atoms with Crippen LogP contribution in [0.3, 0.4) is 0 Å². The van der Waals surface area contributed by atoms with Gasteiger partial charge in [0.05, 0.1) is 29.4 Å². The molecule has 172 valence electrons. The van der Waals surface area contributed by atoms with E-state index in [2.05, 4.69) is 5.10 Å². The van der Waals surface area contributed by atoms with Crippen LogP contribution in [-0.2, 0) is 4.74 Å². The summed E-state index contributed by atoms with van der Waals surface area (Å²) in [5, 5.41) is 4.62. The molecule has 9 heteroatoms. The Balaban J connectivity index is 1.72. The number of benzene rings is 2. The van der Waals surface area contributed by atoms with Crippen LogP contribution in [0.1, 0.15) is 36.6 Å². The van der Waals surface area contributed by atoms with Crippen molar-refractivity contribution in [2.75, 3.05) is 19.1 Å². The fourth-order valence-electron chi connectivity index (χ4n) is 3.74. The lowest BCUT2D eigenvalue weighted by Crippen LogP contribution is -2.26. The topological polar surface area (TPSA) is 107 Å². The first kappa shape index (κ1) is 23.0. The molecule has 2 N–H and O–H groups in total. The molecule has 0 unspecified atom stereocenters. The van der Waals surface area contributed by atoms with E-state index >= 15 is 0 Å². The number of ether oxygens (including phenoxy) is 1. The van der Waals surface area contributed by atoms with Crippen molar-refractivity contribution in [1.82, 2.24) is 9.61 Å². The molecule has 0 saturated heterocycles. The number of esters is 1. The molecule has 0 bridgehead atoms. The molecule has 0 spiro atoms. The highest BCUT2D eigenvalue weighted by molar-refractivity contribution is 6.33. The molecular formula is C25H21ClN4O4. The van der Waals surface area contributed by atoms with E-state index in [0.29, 0.717) is 16.8 Å². The summed E-state index contributed by atoms with van der Waals surface area (Å²) in [6.07, 6.45) is 3.41. The second-order valence-electron chi connectivity index (χ2n) is 7.72. The molecule has 4 rings (SSSR count). The van der Waals surface area contributed by atoms with Crippen molar-refractivity contribution in [3.8, 4) is 11.1 Å². The van der Waals surface area contributed by atoms with E-state index in [1.165, 1.54) is 18.1 Å². The fourth-order valence-corrected chi connectivity index (χ4v) is 3.93. The van der Waals surface area contributed by atoms with Gasteiger partial charge in [0.25, 0.3) is 5.91 Å². The van der Waals surface area contributed by atoms with E-state index in [1.807, 2.05) is 13.0 Å². The summed E-state index contributed by atoms with van der Waals surface area (Å²) in [5.74, 6) is -1.37. The van der Waals surface area contributed by atoms with E-state index in [0.717, 1.165) is 22.2 Å². The molecule has 0 aliphatic carbocycles. The van der Waals surface area contributed by atoms with Gasteiger partial charge in [0.1, 0.15) is 0 Å². The van der Waals surface area contributed by atoms with Gasteiger partial charge in [0.15, 0.2) is 0 Å². The number of carbonyl (C=O) groups excluding carboxylic acids is 3. The minimum Gasteiger partial charge on any atom is -0.465 e. The summed E-state index contributed by atoms with van der Waals surface area (Å²) in [4.78, 5) is 38.2. The zero-order chi connectivity index (χ0) is 24.6. The van der Waals surface area contributed by atoms with Crippen LogP contribution in [-0.4, -0.2) is 41.6 Å². The molecule has 2 heterocycles. The zero-order valence-corrected chi connectivity index (χ0v) is 19.5. The summed E-state index contributed by atoms with van der Waals surface area (Å²) in [6, 6.07) is 13.3.